The Bertz CT molecular complexity index is 397. The first kappa shape index (κ1) is 12.7. The van der Waals surface area contributed by atoms with Gasteiger partial charge in [0.2, 0.25) is 0 Å². The average Bonchev–Trinajstić information content (AvgIpc) is 2.85. The first-order valence-corrected chi connectivity index (χ1v) is 6.48. The first-order chi connectivity index (χ1) is 8.65. The number of benzene rings is 1. The Morgan fingerprint density at radius 2 is 1.94 bits per heavy atom. The van der Waals surface area contributed by atoms with Crippen molar-refractivity contribution in [1.29, 1.82) is 0 Å². The second-order valence-corrected chi connectivity index (χ2v) is 4.92. The van der Waals surface area contributed by atoms with Crippen LogP contribution in [0.3, 0.4) is 0 Å². The van der Waals surface area contributed by atoms with Crippen molar-refractivity contribution in [2.45, 2.75) is 32.2 Å². The van der Waals surface area contributed by atoms with E-state index in [9.17, 15) is 9.90 Å². The van der Waals surface area contributed by atoms with Gasteiger partial charge in [-0.25, -0.2) is 4.79 Å². The van der Waals surface area contributed by atoms with E-state index in [1.165, 1.54) is 0 Å². The lowest BCUT2D eigenvalue weighted by Crippen LogP contribution is -2.43. The van der Waals surface area contributed by atoms with Gasteiger partial charge in [-0.15, -0.1) is 0 Å². The maximum absolute atomic E-state index is 11.9. The number of carbonyl (C=O) groups is 1. The van der Waals surface area contributed by atoms with Gasteiger partial charge >= 0.3 is 6.03 Å². The highest BCUT2D eigenvalue weighted by atomic mass is 16.3. The summed E-state index contributed by atoms with van der Waals surface area (Å²) in [5, 5.41) is 12.2. The van der Waals surface area contributed by atoms with Crippen molar-refractivity contribution in [3.05, 3.63) is 29.8 Å². The Morgan fingerprint density at radius 1 is 1.33 bits per heavy atom. The molecule has 18 heavy (non-hydrogen) atoms. The van der Waals surface area contributed by atoms with Crippen LogP contribution in [-0.4, -0.2) is 35.2 Å². The number of carbonyl (C=O) groups excluding carboxylic acids is 1. The SMILES string of the molecule is CC(Cc1ccc(O)cc1)NC(=O)N1CCCC1. The molecule has 0 aliphatic carbocycles. The van der Waals surface area contributed by atoms with Gasteiger partial charge in [-0.3, -0.25) is 0 Å². The molecule has 1 unspecified atom stereocenters. The van der Waals surface area contributed by atoms with Crippen molar-refractivity contribution < 1.29 is 9.90 Å². The predicted octanol–water partition coefficient (Wildman–Crippen LogP) is 2.13. The molecule has 4 heteroatoms. The second-order valence-electron chi connectivity index (χ2n) is 4.92. The lowest BCUT2D eigenvalue weighted by atomic mass is 10.1. The smallest absolute Gasteiger partial charge is 0.317 e. The monoisotopic (exact) mass is 248 g/mol. The molecule has 1 saturated heterocycles. The van der Waals surface area contributed by atoms with Crippen LogP contribution in [0.25, 0.3) is 0 Å². The number of aromatic hydroxyl groups is 1. The fourth-order valence-corrected chi connectivity index (χ4v) is 2.26. The van der Waals surface area contributed by atoms with Gasteiger partial charge in [0.15, 0.2) is 0 Å². The molecule has 1 aliphatic rings. The number of nitrogens with one attached hydrogen (secondary N) is 1. The molecule has 1 aromatic carbocycles. The van der Waals surface area contributed by atoms with Gasteiger partial charge in [-0.2, -0.15) is 0 Å². The van der Waals surface area contributed by atoms with Crippen LogP contribution in [0.1, 0.15) is 25.3 Å². The fourth-order valence-electron chi connectivity index (χ4n) is 2.26. The van der Waals surface area contributed by atoms with Crippen LogP contribution < -0.4 is 5.32 Å². The topological polar surface area (TPSA) is 52.6 Å². The van der Waals surface area contributed by atoms with Gasteiger partial charge in [0.05, 0.1) is 0 Å². The molecule has 0 aromatic heterocycles. The van der Waals surface area contributed by atoms with Crippen molar-refractivity contribution in [3.63, 3.8) is 0 Å². The summed E-state index contributed by atoms with van der Waals surface area (Å²) in [4.78, 5) is 13.7. The third kappa shape index (κ3) is 3.39. The number of nitrogens with zero attached hydrogens (tertiary/aromatic N) is 1. The largest absolute Gasteiger partial charge is 0.508 e. The highest BCUT2D eigenvalue weighted by Crippen LogP contribution is 2.12. The average molecular weight is 248 g/mol. The second kappa shape index (κ2) is 5.76. The Hall–Kier alpha value is -1.71. The van der Waals surface area contributed by atoms with Crippen LogP contribution >= 0.6 is 0 Å². The molecular formula is C14H20N2O2. The van der Waals surface area contributed by atoms with Gasteiger partial charge in [-0.1, -0.05) is 12.1 Å². The minimum Gasteiger partial charge on any atom is -0.508 e. The number of urea groups is 1. The zero-order valence-corrected chi connectivity index (χ0v) is 10.7. The van der Waals surface area contributed by atoms with E-state index in [2.05, 4.69) is 5.32 Å². The summed E-state index contributed by atoms with van der Waals surface area (Å²) in [6.45, 7) is 3.75. The quantitative estimate of drug-likeness (QED) is 0.861. The van der Waals surface area contributed by atoms with Crippen molar-refractivity contribution >= 4 is 6.03 Å². The summed E-state index contributed by atoms with van der Waals surface area (Å²) >= 11 is 0. The summed E-state index contributed by atoms with van der Waals surface area (Å²) in [6, 6.07) is 7.25. The van der Waals surface area contributed by atoms with E-state index in [0.717, 1.165) is 37.9 Å². The molecule has 2 amide bonds. The molecule has 1 heterocycles. The molecule has 1 aliphatic heterocycles. The first-order valence-electron chi connectivity index (χ1n) is 6.48. The van der Waals surface area contributed by atoms with E-state index < -0.39 is 0 Å². The van der Waals surface area contributed by atoms with Gasteiger partial charge in [-0.05, 0) is 43.9 Å². The van der Waals surface area contributed by atoms with Crippen molar-refractivity contribution in [1.82, 2.24) is 10.2 Å². The normalized spacial score (nSPS) is 16.6. The van der Waals surface area contributed by atoms with E-state index in [0.29, 0.717) is 0 Å². The fraction of sp³-hybridized carbons (Fsp3) is 0.500. The number of likely N-dealkylation sites (tertiary alicyclic amines) is 1. The van der Waals surface area contributed by atoms with Crippen LogP contribution in [0.4, 0.5) is 4.79 Å². The van der Waals surface area contributed by atoms with Crippen LogP contribution in [0.15, 0.2) is 24.3 Å². The summed E-state index contributed by atoms with van der Waals surface area (Å²) in [5.74, 6) is 0.271. The zero-order valence-electron chi connectivity index (χ0n) is 10.7. The summed E-state index contributed by atoms with van der Waals surface area (Å²) in [6.07, 6.45) is 3.00. The minimum atomic E-state index is 0.0405. The molecule has 4 nitrogen and oxygen atoms in total. The summed E-state index contributed by atoms with van der Waals surface area (Å²) in [5.41, 5.74) is 1.11. The third-order valence-corrected chi connectivity index (χ3v) is 3.24. The molecule has 2 rings (SSSR count). The predicted molar refractivity (Wildman–Crippen MR) is 70.6 cm³/mol. The van der Waals surface area contributed by atoms with Crippen molar-refractivity contribution in [2.75, 3.05) is 13.1 Å². The van der Waals surface area contributed by atoms with Crippen LogP contribution in [-0.2, 0) is 6.42 Å². The van der Waals surface area contributed by atoms with Crippen LogP contribution in [0.2, 0.25) is 0 Å². The van der Waals surface area contributed by atoms with E-state index in [4.69, 9.17) is 0 Å². The number of phenolic OH excluding ortho intramolecular Hbond substituents is 1. The third-order valence-electron chi connectivity index (χ3n) is 3.24. The molecule has 0 spiro atoms. The lowest BCUT2D eigenvalue weighted by molar-refractivity contribution is 0.205. The molecule has 1 atom stereocenters. The van der Waals surface area contributed by atoms with Crippen LogP contribution in [0.5, 0.6) is 5.75 Å². The molecule has 1 aromatic rings. The Balaban J connectivity index is 1.82. The highest BCUT2D eigenvalue weighted by molar-refractivity contribution is 5.74. The molecule has 2 N–H and O–H groups in total. The van der Waals surface area contributed by atoms with E-state index in [-0.39, 0.29) is 17.8 Å². The Labute approximate surface area is 108 Å². The molecule has 0 saturated carbocycles. The van der Waals surface area contributed by atoms with Gasteiger partial charge < -0.3 is 15.3 Å². The van der Waals surface area contributed by atoms with E-state index in [1.54, 1.807) is 12.1 Å². The molecule has 1 fully saturated rings. The zero-order chi connectivity index (χ0) is 13.0. The number of amides is 2. The number of rotatable bonds is 3. The summed E-state index contributed by atoms with van der Waals surface area (Å²) in [7, 11) is 0. The van der Waals surface area contributed by atoms with E-state index in [1.807, 2.05) is 24.0 Å². The maximum Gasteiger partial charge on any atom is 0.317 e. The molecular weight excluding hydrogens is 228 g/mol. The molecule has 98 valence electrons. The van der Waals surface area contributed by atoms with Crippen LogP contribution in [0, 0.1) is 0 Å². The van der Waals surface area contributed by atoms with Gasteiger partial charge in [0, 0.05) is 19.1 Å². The van der Waals surface area contributed by atoms with Crippen molar-refractivity contribution in [2.24, 2.45) is 0 Å². The molecule has 0 bridgehead atoms. The number of phenols is 1. The van der Waals surface area contributed by atoms with Crippen molar-refractivity contribution in [3.8, 4) is 5.75 Å². The minimum absolute atomic E-state index is 0.0405. The standard InChI is InChI=1S/C14H20N2O2/c1-11(10-12-4-6-13(17)7-5-12)15-14(18)16-8-2-3-9-16/h4-7,11,17H,2-3,8-10H2,1H3,(H,15,18). The molecule has 0 radical (unpaired) electrons. The number of hydrogen-bond donors (Lipinski definition) is 2. The summed E-state index contributed by atoms with van der Waals surface area (Å²) < 4.78 is 0. The van der Waals surface area contributed by atoms with Gasteiger partial charge in [0.1, 0.15) is 5.75 Å². The van der Waals surface area contributed by atoms with E-state index >= 15 is 0 Å². The Kier molecular flexibility index (Phi) is 4.07. The lowest BCUT2D eigenvalue weighted by Gasteiger charge is -2.20. The Morgan fingerprint density at radius 3 is 2.56 bits per heavy atom. The number of hydrogen-bond acceptors (Lipinski definition) is 2. The van der Waals surface area contributed by atoms with Gasteiger partial charge in [0.25, 0.3) is 0 Å². The maximum atomic E-state index is 11.9. The highest BCUT2D eigenvalue weighted by Gasteiger charge is 2.19.